The van der Waals surface area contributed by atoms with Crippen LogP contribution in [0, 0.1) is 13.8 Å². The molecule has 0 amide bonds. The molecule has 0 N–H and O–H groups in total. The minimum atomic E-state index is -2.34. The van der Waals surface area contributed by atoms with Gasteiger partial charge in [0.1, 0.15) is 5.60 Å². The van der Waals surface area contributed by atoms with Gasteiger partial charge in [0.25, 0.3) is 0 Å². The highest BCUT2D eigenvalue weighted by molar-refractivity contribution is 6.42. The van der Waals surface area contributed by atoms with Crippen LogP contribution in [0.15, 0.2) is 30.3 Å². The summed E-state index contributed by atoms with van der Waals surface area (Å²) in [5, 5.41) is 0. The van der Waals surface area contributed by atoms with E-state index in [9.17, 15) is 14.4 Å². The summed E-state index contributed by atoms with van der Waals surface area (Å²) in [4.78, 5) is 36.8. The summed E-state index contributed by atoms with van der Waals surface area (Å²) < 4.78 is 17.2. The van der Waals surface area contributed by atoms with Crippen LogP contribution in [0.1, 0.15) is 56.4 Å². The molecule has 32 heavy (non-hydrogen) atoms. The molecular weight excluding hydrogens is 434 g/mol. The first kappa shape index (κ1) is 25.5. The van der Waals surface area contributed by atoms with E-state index in [0.717, 1.165) is 0 Å². The lowest BCUT2D eigenvalue weighted by molar-refractivity contribution is -0.163. The number of carbonyl (C=O) groups is 3. The van der Waals surface area contributed by atoms with E-state index >= 15 is 0 Å². The lowest BCUT2D eigenvalue weighted by atomic mass is 10.0. The monoisotopic (exact) mass is 463 g/mol. The van der Waals surface area contributed by atoms with Crippen LogP contribution in [-0.4, -0.2) is 41.3 Å². The molecule has 0 radical (unpaired) electrons. The van der Waals surface area contributed by atoms with E-state index in [4.69, 9.17) is 25.8 Å². The van der Waals surface area contributed by atoms with Crippen molar-refractivity contribution in [3.8, 4) is 11.1 Å². The Balaban J connectivity index is 2.90. The third-order valence-corrected chi connectivity index (χ3v) is 5.19. The van der Waals surface area contributed by atoms with E-state index < -0.39 is 28.5 Å². The minimum Gasteiger partial charge on any atom is -0.463 e. The normalized spacial score (nSPS) is 11.8. The molecule has 0 aliphatic heterocycles. The Kier molecular flexibility index (Phi) is 7.78. The fourth-order valence-corrected chi connectivity index (χ4v) is 3.92. The maximum Gasteiger partial charge on any atom is 0.360 e. The maximum absolute atomic E-state index is 13.2. The average Bonchev–Trinajstić information content (AvgIpc) is 2.97. The van der Waals surface area contributed by atoms with Gasteiger partial charge in [-0.15, -0.1) is 0 Å². The van der Waals surface area contributed by atoms with E-state index in [-0.39, 0.29) is 24.5 Å². The van der Waals surface area contributed by atoms with Crippen molar-refractivity contribution in [2.75, 3.05) is 13.2 Å². The molecule has 7 nitrogen and oxygen atoms in total. The summed E-state index contributed by atoms with van der Waals surface area (Å²) in [6.45, 7) is 11.8. The molecule has 0 saturated carbocycles. The van der Waals surface area contributed by atoms with Crippen LogP contribution < -0.4 is 0 Å². The molecule has 1 heterocycles. The Bertz CT molecular complexity index is 986. The first-order valence-corrected chi connectivity index (χ1v) is 10.8. The molecule has 0 fully saturated rings. The number of nitrogens with zero attached hydrogens (tertiary/aromatic N) is 1. The zero-order valence-corrected chi connectivity index (χ0v) is 20.3. The van der Waals surface area contributed by atoms with Crippen molar-refractivity contribution < 1.29 is 28.6 Å². The van der Waals surface area contributed by atoms with E-state index in [1.54, 1.807) is 48.5 Å². The third kappa shape index (κ3) is 4.83. The highest BCUT2D eigenvalue weighted by Crippen LogP contribution is 2.40. The maximum atomic E-state index is 13.2. The number of benzene rings is 1. The Morgan fingerprint density at radius 2 is 1.41 bits per heavy atom. The molecule has 0 aliphatic carbocycles. The molecule has 0 unspecified atom stereocenters. The molecule has 8 heteroatoms. The lowest BCUT2D eigenvalue weighted by Gasteiger charge is -2.27. The van der Waals surface area contributed by atoms with Crippen LogP contribution in [0.25, 0.3) is 11.1 Å². The average molecular weight is 464 g/mol. The standard InChI is InChI=1S/C24H30ClNO6/c1-8-30-21(28)24(25,22(29)31-9-2)26-15(3)18(17-13-11-10-12-14-17)19(16(26)4)20(27)32-23(5,6)7/h10-14H,8-9H2,1-7H3. The molecule has 0 spiro atoms. The summed E-state index contributed by atoms with van der Waals surface area (Å²) in [7, 11) is 0. The Morgan fingerprint density at radius 3 is 1.84 bits per heavy atom. The fourth-order valence-electron chi connectivity index (χ4n) is 3.56. The van der Waals surface area contributed by atoms with Gasteiger partial charge >= 0.3 is 22.9 Å². The predicted octanol–water partition coefficient (Wildman–Crippen LogP) is 4.75. The molecular formula is C24H30ClNO6. The molecule has 0 saturated heterocycles. The molecule has 2 rings (SSSR count). The van der Waals surface area contributed by atoms with E-state index in [1.165, 1.54) is 4.57 Å². The highest BCUT2D eigenvalue weighted by atomic mass is 35.5. The fraction of sp³-hybridized carbons (Fsp3) is 0.458. The van der Waals surface area contributed by atoms with E-state index in [0.29, 0.717) is 16.8 Å². The summed E-state index contributed by atoms with van der Waals surface area (Å²) in [6, 6.07) is 9.14. The van der Waals surface area contributed by atoms with Crippen molar-refractivity contribution in [1.29, 1.82) is 0 Å². The van der Waals surface area contributed by atoms with Crippen LogP contribution >= 0.6 is 11.6 Å². The summed E-state index contributed by atoms with van der Waals surface area (Å²) >= 11 is 6.71. The van der Waals surface area contributed by atoms with Gasteiger partial charge in [0, 0.05) is 17.0 Å². The van der Waals surface area contributed by atoms with Crippen LogP contribution in [-0.2, 0) is 28.8 Å². The number of carbonyl (C=O) groups excluding carboxylic acids is 3. The number of aromatic nitrogens is 1. The molecule has 1 aromatic heterocycles. The lowest BCUT2D eigenvalue weighted by Crippen LogP contribution is -2.47. The van der Waals surface area contributed by atoms with Gasteiger partial charge in [-0.1, -0.05) is 41.9 Å². The van der Waals surface area contributed by atoms with Gasteiger partial charge in [0.2, 0.25) is 0 Å². The predicted molar refractivity (Wildman–Crippen MR) is 122 cm³/mol. The van der Waals surface area contributed by atoms with Crippen LogP contribution in [0.5, 0.6) is 0 Å². The van der Waals surface area contributed by atoms with Crippen molar-refractivity contribution in [1.82, 2.24) is 4.57 Å². The number of halogens is 1. The Morgan fingerprint density at radius 1 is 0.906 bits per heavy atom. The van der Waals surface area contributed by atoms with Crippen molar-refractivity contribution in [2.24, 2.45) is 0 Å². The number of hydrogen-bond acceptors (Lipinski definition) is 6. The third-order valence-electron chi connectivity index (χ3n) is 4.71. The zero-order chi connectivity index (χ0) is 24.3. The van der Waals surface area contributed by atoms with Crippen molar-refractivity contribution >= 4 is 29.5 Å². The number of ether oxygens (including phenoxy) is 3. The zero-order valence-electron chi connectivity index (χ0n) is 19.6. The molecule has 0 aliphatic rings. The van der Waals surface area contributed by atoms with Crippen LogP contribution in [0.2, 0.25) is 0 Å². The summed E-state index contributed by atoms with van der Waals surface area (Å²) in [6.07, 6.45) is 0. The second kappa shape index (κ2) is 9.77. The van der Waals surface area contributed by atoms with Crippen molar-refractivity contribution in [2.45, 2.75) is 59.1 Å². The molecule has 0 bridgehead atoms. The summed E-state index contributed by atoms with van der Waals surface area (Å²) in [5.41, 5.74) is 1.38. The quantitative estimate of drug-likeness (QED) is 0.255. The van der Waals surface area contributed by atoms with E-state index in [1.807, 2.05) is 30.3 Å². The van der Waals surface area contributed by atoms with Gasteiger partial charge in [-0.3, -0.25) is 0 Å². The van der Waals surface area contributed by atoms with Gasteiger partial charge in [-0.25, -0.2) is 14.4 Å². The highest BCUT2D eigenvalue weighted by Gasteiger charge is 2.52. The first-order chi connectivity index (χ1) is 14.9. The molecule has 174 valence electrons. The van der Waals surface area contributed by atoms with Crippen molar-refractivity contribution in [3.63, 3.8) is 0 Å². The SMILES string of the molecule is CCOC(=O)C(Cl)(C(=O)OCC)n1c(C)c(C(=O)OC(C)(C)C)c(-c2ccccc2)c1C. The van der Waals surface area contributed by atoms with Gasteiger partial charge < -0.3 is 18.8 Å². The Labute approximate surface area is 193 Å². The summed E-state index contributed by atoms with van der Waals surface area (Å²) in [5.74, 6) is -2.57. The number of hydrogen-bond donors (Lipinski definition) is 0. The van der Waals surface area contributed by atoms with Gasteiger partial charge in [0.15, 0.2) is 0 Å². The smallest absolute Gasteiger partial charge is 0.360 e. The Hall–Kier alpha value is -2.80. The number of esters is 3. The first-order valence-electron chi connectivity index (χ1n) is 10.4. The number of alkyl halides is 1. The minimum absolute atomic E-state index is 0.0105. The van der Waals surface area contributed by atoms with Gasteiger partial charge in [-0.2, -0.15) is 0 Å². The second-order valence-electron chi connectivity index (χ2n) is 8.19. The van der Waals surface area contributed by atoms with Gasteiger partial charge in [-0.05, 0) is 54.0 Å². The number of rotatable bonds is 7. The molecule has 1 aromatic carbocycles. The molecule has 0 atom stereocenters. The van der Waals surface area contributed by atoms with Crippen LogP contribution in [0.3, 0.4) is 0 Å². The van der Waals surface area contributed by atoms with Crippen LogP contribution in [0.4, 0.5) is 0 Å². The second-order valence-corrected chi connectivity index (χ2v) is 8.73. The van der Waals surface area contributed by atoms with E-state index in [2.05, 4.69) is 0 Å². The largest absolute Gasteiger partial charge is 0.463 e. The van der Waals surface area contributed by atoms with Gasteiger partial charge in [0.05, 0.1) is 18.8 Å². The molecule has 2 aromatic rings. The van der Waals surface area contributed by atoms with Crippen molar-refractivity contribution in [3.05, 3.63) is 47.3 Å². The topological polar surface area (TPSA) is 83.8 Å².